The fraction of sp³-hybridized carbons (Fsp3) is 0.273. The van der Waals surface area contributed by atoms with E-state index in [9.17, 15) is 9.90 Å². The number of phenols is 1. The normalized spacial score (nSPS) is 9.33. The molecule has 0 aliphatic rings. The molecule has 0 heterocycles. The van der Waals surface area contributed by atoms with Crippen LogP contribution in [-0.2, 0) is 0 Å². The predicted molar refractivity (Wildman–Crippen MR) is 55.3 cm³/mol. The van der Waals surface area contributed by atoms with Crippen LogP contribution in [0, 0.1) is 11.3 Å². The van der Waals surface area contributed by atoms with Crippen LogP contribution in [0.1, 0.15) is 17.3 Å². The van der Waals surface area contributed by atoms with Crippen LogP contribution < -0.4 is 0 Å². The van der Waals surface area contributed by atoms with Gasteiger partial charge in [0, 0.05) is 12.1 Å². The van der Waals surface area contributed by atoms with Crippen molar-refractivity contribution in [1.82, 2.24) is 4.90 Å². The summed E-state index contributed by atoms with van der Waals surface area (Å²) in [5.41, 5.74) is 0.395. The van der Waals surface area contributed by atoms with Gasteiger partial charge in [0.05, 0.1) is 6.07 Å². The van der Waals surface area contributed by atoms with Gasteiger partial charge in [0.15, 0.2) is 0 Å². The van der Waals surface area contributed by atoms with Crippen LogP contribution in [0.15, 0.2) is 24.3 Å². The number of rotatable bonds is 3. The van der Waals surface area contributed by atoms with Crippen molar-refractivity contribution < 1.29 is 9.90 Å². The Labute approximate surface area is 88.4 Å². The minimum absolute atomic E-state index is 0.0499. The van der Waals surface area contributed by atoms with Crippen LogP contribution in [0.25, 0.3) is 0 Å². The molecular formula is C11H12N2O2. The number of carbonyl (C=O) groups is 1. The SMILES string of the molecule is CCN(CC#N)C(=O)c1cccc(O)c1. The van der Waals surface area contributed by atoms with E-state index in [0.29, 0.717) is 12.1 Å². The molecule has 0 bridgehead atoms. The molecule has 0 saturated heterocycles. The minimum atomic E-state index is -0.241. The van der Waals surface area contributed by atoms with Crippen LogP contribution in [0.2, 0.25) is 0 Å². The maximum atomic E-state index is 11.8. The third kappa shape index (κ3) is 2.71. The summed E-state index contributed by atoms with van der Waals surface area (Å²) >= 11 is 0. The molecule has 4 nitrogen and oxygen atoms in total. The second-order valence-electron chi connectivity index (χ2n) is 3.03. The lowest BCUT2D eigenvalue weighted by molar-refractivity contribution is 0.0784. The molecule has 1 N–H and O–H groups in total. The molecule has 0 aromatic heterocycles. The molecule has 1 rings (SSSR count). The lowest BCUT2D eigenvalue weighted by atomic mass is 10.2. The number of benzene rings is 1. The van der Waals surface area contributed by atoms with E-state index < -0.39 is 0 Å². The maximum Gasteiger partial charge on any atom is 0.254 e. The molecule has 0 spiro atoms. The van der Waals surface area contributed by atoms with Gasteiger partial charge in [0.25, 0.3) is 5.91 Å². The Morgan fingerprint density at radius 3 is 2.87 bits per heavy atom. The molecule has 1 amide bonds. The van der Waals surface area contributed by atoms with Crippen LogP contribution in [0.4, 0.5) is 0 Å². The number of aromatic hydroxyl groups is 1. The van der Waals surface area contributed by atoms with Gasteiger partial charge in [-0.2, -0.15) is 5.26 Å². The number of hydrogen-bond acceptors (Lipinski definition) is 3. The molecule has 0 fully saturated rings. The molecule has 1 aromatic rings. The van der Waals surface area contributed by atoms with Crippen molar-refractivity contribution in [2.45, 2.75) is 6.92 Å². The highest BCUT2D eigenvalue weighted by Gasteiger charge is 2.13. The van der Waals surface area contributed by atoms with Gasteiger partial charge < -0.3 is 10.0 Å². The molecule has 0 aliphatic heterocycles. The van der Waals surface area contributed by atoms with E-state index in [4.69, 9.17) is 5.26 Å². The summed E-state index contributed by atoms with van der Waals surface area (Å²) in [6.45, 7) is 2.34. The van der Waals surface area contributed by atoms with Gasteiger partial charge >= 0.3 is 0 Å². The van der Waals surface area contributed by atoms with Crippen molar-refractivity contribution in [3.05, 3.63) is 29.8 Å². The van der Waals surface area contributed by atoms with Crippen molar-refractivity contribution in [2.24, 2.45) is 0 Å². The highest BCUT2D eigenvalue weighted by molar-refractivity contribution is 5.94. The molecule has 0 aliphatic carbocycles. The van der Waals surface area contributed by atoms with Gasteiger partial charge in [0.2, 0.25) is 0 Å². The van der Waals surface area contributed by atoms with Gasteiger partial charge in [-0.15, -0.1) is 0 Å². The van der Waals surface area contributed by atoms with E-state index in [2.05, 4.69) is 0 Å². The zero-order chi connectivity index (χ0) is 11.3. The Balaban J connectivity index is 2.88. The molecule has 0 radical (unpaired) electrons. The van der Waals surface area contributed by atoms with E-state index in [-0.39, 0.29) is 18.2 Å². The average molecular weight is 204 g/mol. The topological polar surface area (TPSA) is 64.3 Å². The third-order valence-corrected chi connectivity index (χ3v) is 2.02. The predicted octanol–water partition coefficient (Wildman–Crippen LogP) is 1.38. The fourth-order valence-corrected chi connectivity index (χ4v) is 1.23. The molecule has 4 heteroatoms. The first-order valence-electron chi connectivity index (χ1n) is 4.64. The molecular weight excluding hydrogens is 192 g/mol. The highest BCUT2D eigenvalue weighted by atomic mass is 16.3. The smallest absolute Gasteiger partial charge is 0.254 e. The van der Waals surface area contributed by atoms with Crippen LogP contribution in [0.3, 0.4) is 0 Å². The highest BCUT2D eigenvalue weighted by Crippen LogP contribution is 2.12. The maximum absolute atomic E-state index is 11.8. The van der Waals surface area contributed by atoms with Gasteiger partial charge in [-0.3, -0.25) is 4.79 Å². The summed E-state index contributed by atoms with van der Waals surface area (Å²) < 4.78 is 0. The number of amides is 1. The summed E-state index contributed by atoms with van der Waals surface area (Å²) in [7, 11) is 0. The summed E-state index contributed by atoms with van der Waals surface area (Å²) in [5.74, 6) is -0.191. The molecule has 78 valence electrons. The fourth-order valence-electron chi connectivity index (χ4n) is 1.23. The first-order chi connectivity index (χ1) is 7.19. The quantitative estimate of drug-likeness (QED) is 0.756. The summed E-state index contributed by atoms with van der Waals surface area (Å²) in [4.78, 5) is 13.2. The van der Waals surface area contributed by atoms with Crippen LogP contribution >= 0.6 is 0 Å². The molecule has 0 saturated carbocycles. The largest absolute Gasteiger partial charge is 0.508 e. The number of nitrogens with zero attached hydrogens (tertiary/aromatic N) is 2. The van der Waals surface area contributed by atoms with E-state index >= 15 is 0 Å². The number of phenolic OH excluding ortho intramolecular Hbond substituents is 1. The van der Waals surface area contributed by atoms with Crippen molar-refractivity contribution in [2.75, 3.05) is 13.1 Å². The van der Waals surface area contributed by atoms with E-state index in [1.54, 1.807) is 19.1 Å². The van der Waals surface area contributed by atoms with Crippen molar-refractivity contribution in [1.29, 1.82) is 5.26 Å². The number of nitriles is 1. The summed E-state index contributed by atoms with van der Waals surface area (Å²) in [6, 6.07) is 8.03. The van der Waals surface area contributed by atoms with Gasteiger partial charge in [-0.25, -0.2) is 0 Å². The second-order valence-corrected chi connectivity index (χ2v) is 3.03. The second kappa shape index (κ2) is 5.01. The Hall–Kier alpha value is -2.02. The lowest BCUT2D eigenvalue weighted by Gasteiger charge is -2.16. The number of carbonyl (C=O) groups excluding carboxylic acids is 1. The van der Waals surface area contributed by atoms with E-state index in [0.717, 1.165) is 0 Å². The molecule has 0 unspecified atom stereocenters. The Bertz CT molecular complexity index is 396. The van der Waals surface area contributed by atoms with Gasteiger partial charge in [0.1, 0.15) is 12.3 Å². The molecule has 0 atom stereocenters. The van der Waals surface area contributed by atoms with Crippen molar-refractivity contribution in [3.8, 4) is 11.8 Å². The minimum Gasteiger partial charge on any atom is -0.508 e. The third-order valence-electron chi connectivity index (χ3n) is 2.02. The lowest BCUT2D eigenvalue weighted by Crippen LogP contribution is -2.31. The summed E-state index contributed by atoms with van der Waals surface area (Å²) in [6.07, 6.45) is 0. The monoisotopic (exact) mass is 204 g/mol. The van der Waals surface area contributed by atoms with Gasteiger partial charge in [-0.05, 0) is 25.1 Å². The van der Waals surface area contributed by atoms with E-state index in [1.807, 2.05) is 6.07 Å². The zero-order valence-electron chi connectivity index (χ0n) is 8.47. The zero-order valence-corrected chi connectivity index (χ0v) is 8.47. The first kappa shape index (κ1) is 11.1. The Morgan fingerprint density at radius 1 is 1.60 bits per heavy atom. The van der Waals surface area contributed by atoms with Crippen molar-refractivity contribution >= 4 is 5.91 Å². The Kier molecular flexibility index (Phi) is 3.69. The molecule has 15 heavy (non-hydrogen) atoms. The van der Waals surface area contributed by atoms with E-state index in [1.165, 1.54) is 17.0 Å². The average Bonchev–Trinajstić information content (AvgIpc) is 2.25. The standard InChI is InChI=1S/C11H12N2O2/c1-2-13(7-6-12)11(15)9-4-3-5-10(14)8-9/h3-5,8,14H,2,7H2,1H3. The van der Waals surface area contributed by atoms with Crippen LogP contribution in [-0.4, -0.2) is 29.0 Å². The Morgan fingerprint density at radius 2 is 2.33 bits per heavy atom. The van der Waals surface area contributed by atoms with Crippen LogP contribution in [0.5, 0.6) is 5.75 Å². The first-order valence-corrected chi connectivity index (χ1v) is 4.64. The number of hydrogen-bond donors (Lipinski definition) is 1. The molecule has 1 aromatic carbocycles. The summed E-state index contributed by atoms with van der Waals surface area (Å²) in [5, 5.41) is 17.7. The van der Waals surface area contributed by atoms with Crippen molar-refractivity contribution in [3.63, 3.8) is 0 Å². The van der Waals surface area contributed by atoms with Gasteiger partial charge in [-0.1, -0.05) is 6.07 Å².